The van der Waals surface area contributed by atoms with Crippen LogP contribution in [-0.2, 0) is 16.1 Å². The molecular weight excluding hydrogens is 447 g/mol. The van der Waals surface area contributed by atoms with E-state index in [9.17, 15) is 9.59 Å². The zero-order valence-electron chi connectivity index (χ0n) is 19.4. The third-order valence-electron chi connectivity index (χ3n) is 5.50. The molecule has 5 nitrogen and oxygen atoms in total. The maximum absolute atomic E-state index is 13.2. The molecule has 0 saturated carbocycles. The second kappa shape index (κ2) is 12.1. The summed E-state index contributed by atoms with van der Waals surface area (Å²) in [7, 11) is 0. The number of rotatable bonds is 10. The monoisotopic (exact) mass is 478 g/mol. The summed E-state index contributed by atoms with van der Waals surface area (Å²) < 4.78 is 5.88. The van der Waals surface area contributed by atoms with Crippen LogP contribution in [0.3, 0.4) is 0 Å². The van der Waals surface area contributed by atoms with Crippen LogP contribution in [0.15, 0.2) is 30.3 Å². The SMILES string of the molecule is CCCCNC(=O)[C@H](C)N(Cc1c(Cl)cccc1Cl)C(=O)COc1cc(C)cc(C)c1C. The molecule has 0 bridgehead atoms. The Kier molecular flexibility index (Phi) is 9.85. The van der Waals surface area contributed by atoms with Crippen LogP contribution in [0.25, 0.3) is 0 Å². The molecule has 0 aliphatic carbocycles. The number of nitrogens with one attached hydrogen (secondary N) is 1. The Labute approximate surface area is 201 Å². The highest BCUT2D eigenvalue weighted by Crippen LogP contribution is 2.27. The lowest BCUT2D eigenvalue weighted by Crippen LogP contribution is -2.49. The normalized spacial score (nSPS) is 11.7. The molecule has 0 aliphatic rings. The van der Waals surface area contributed by atoms with Crippen LogP contribution in [0.5, 0.6) is 5.75 Å². The Morgan fingerprint density at radius 3 is 2.41 bits per heavy atom. The van der Waals surface area contributed by atoms with Crippen LogP contribution >= 0.6 is 23.2 Å². The lowest BCUT2D eigenvalue weighted by molar-refractivity contribution is -0.142. The third kappa shape index (κ3) is 6.88. The fraction of sp³-hybridized carbons (Fsp3) is 0.440. The molecule has 0 aliphatic heterocycles. The number of unbranched alkanes of at least 4 members (excludes halogenated alkanes) is 1. The van der Waals surface area contributed by atoms with Gasteiger partial charge in [-0.25, -0.2) is 0 Å². The van der Waals surface area contributed by atoms with Crippen molar-refractivity contribution in [3.05, 3.63) is 62.6 Å². The highest BCUT2D eigenvalue weighted by molar-refractivity contribution is 6.36. The van der Waals surface area contributed by atoms with Gasteiger partial charge in [-0.1, -0.05) is 48.7 Å². The van der Waals surface area contributed by atoms with Gasteiger partial charge in [0.2, 0.25) is 5.91 Å². The van der Waals surface area contributed by atoms with Crippen LogP contribution in [0.2, 0.25) is 10.0 Å². The molecule has 0 heterocycles. The van der Waals surface area contributed by atoms with Gasteiger partial charge in [0, 0.05) is 28.7 Å². The molecule has 1 atom stereocenters. The first-order chi connectivity index (χ1) is 15.1. The minimum Gasteiger partial charge on any atom is -0.483 e. The average Bonchev–Trinajstić information content (AvgIpc) is 2.74. The number of amides is 2. The van der Waals surface area contributed by atoms with Crippen molar-refractivity contribution in [1.29, 1.82) is 0 Å². The summed E-state index contributed by atoms with van der Waals surface area (Å²) in [5, 5.41) is 3.78. The summed E-state index contributed by atoms with van der Waals surface area (Å²) in [5.41, 5.74) is 3.73. The maximum atomic E-state index is 13.2. The van der Waals surface area contributed by atoms with Crippen molar-refractivity contribution in [3.63, 3.8) is 0 Å². The lowest BCUT2D eigenvalue weighted by atomic mass is 10.1. The molecule has 0 radical (unpaired) electrons. The molecule has 0 fully saturated rings. The fourth-order valence-corrected chi connectivity index (χ4v) is 3.86. The summed E-state index contributed by atoms with van der Waals surface area (Å²) in [6.07, 6.45) is 1.84. The van der Waals surface area contributed by atoms with Gasteiger partial charge in [-0.05, 0) is 69.0 Å². The van der Waals surface area contributed by atoms with Crippen molar-refractivity contribution in [2.75, 3.05) is 13.2 Å². The zero-order chi connectivity index (χ0) is 23.8. The topological polar surface area (TPSA) is 58.6 Å². The van der Waals surface area contributed by atoms with E-state index in [1.807, 2.05) is 26.8 Å². The van der Waals surface area contributed by atoms with E-state index in [1.54, 1.807) is 25.1 Å². The molecule has 32 heavy (non-hydrogen) atoms. The highest BCUT2D eigenvalue weighted by atomic mass is 35.5. The van der Waals surface area contributed by atoms with Gasteiger partial charge in [0.1, 0.15) is 11.8 Å². The second-order valence-corrected chi connectivity index (χ2v) is 8.85. The Balaban J connectivity index is 2.24. The van der Waals surface area contributed by atoms with Gasteiger partial charge in [-0.3, -0.25) is 9.59 Å². The number of carbonyl (C=O) groups is 2. The summed E-state index contributed by atoms with van der Waals surface area (Å²) in [6.45, 7) is 10.2. The van der Waals surface area contributed by atoms with Crippen LogP contribution in [0.1, 0.15) is 48.9 Å². The van der Waals surface area contributed by atoms with Crippen LogP contribution < -0.4 is 10.1 Å². The summed E-state index contributed by atoms with van der Waals surface area (Å²) in [6, 6.07) is 8.44. The molecule has 2 aromatic rings. The maximum Gasteiger partial charge on any atom is 0.261 e. The lowest BCUT2D eigenvalue weighted by Gasteiger charge is -2.29. The minimum atomic E-state index is -0.712. The number of nitrogens with zero attached hydrogens (tertiary/aromatic N) is 1. The summed E-state index contributed by atoms with van der Waals surface area (Å²) in [5.74, 6) is 0.113. The van der Waals surface area contributed by atoms with E-state index in [-0.39, 0.29) is 25.0 Å². The largest absolute Gasteiger partial charge is 0.483 e. The van der Waals surface area contributed by atoms with Gasteiger partial charge in [0.15, 0.2) is 6.61 Å². The molecule has 0 unspecified atom stereocenters. The van der Waals surface area contributed by atoms with E-state index in [2.05, 4.69) is 18.3 Å². The van der Waals surface area contributed by atoms with Gasteiger partial charge in [-0.15, -0.1) is 0 Å². The average molecular weight is 479 g/mol. The van der Waals surface area contributed by atoms with Crippen LogP contribution in [-0.4, -0.2) is 35.9 Å². The van der Waals surface area contributed by atoms with Crippen molar-refractivity contribution in [2.24, 2.45) is 0 Å². The van der Waals surface area contributed by atoms with Crippen LogP contribution in [0, 0.1) is 20.8 Å². The van der Waals surface area contributed by atoms with Crippen LogP contribution in [0.4, 0.5) is 0 Å². The van der Waals surface area contributed by atoms with Gasteiger partial charge in [0.25, 0.3) is 5.91 Å². The zero-order valence-corrected chi connectivity index (χ0v) is 20.9. The van der Waals surface area contributed by atoms with Crippen molar-refractivity contribution < 1.29 is 14.3 Å². The van der Waals surface area contributed by atoms with Crippen molar-refractivity contribution in [2.45, 2.75) is 60.0 Å². The van der Waals surface area contributed by atoms with E-state index in [4.69, 9.17) is 27.9 Å². The van der Waals surface area contributed by atoms with E-state index in [0.29, 0.717) is 27.9 Å². The van der Waals surface area contributed by atoms with Crippen molar-refractivity contribution in [1.82, 2.24) is 10.2 Å². The number of hydrogen-bond acceptors (Lipinski definition) is 3. The number of ether oxygens (including phenoxy) is 1. The van der Waals surface area contributed by atoms with Gasteiger partial charge >= 0.3 is 0 Å². The van der Waals surface area contributed by atoms with Gasteiger partial charge in [0.05, 0.1) is 0 Å². The smallest absolute Gasteiger partial charge is 0.261 e. The Morgan fingerprint density at radius 1 is 1.12 bits per heavy atom. The predicted octanol–water partition coefficient (Wildman–Crippen LogP) is 5.63. The predicted molar refractivity (Wildman–Crippen MR) is 131 cm³/mol. The molecule has 2 aromatic carbocycles. The number of aryl methyl sites for hydroxylation is 2. The molecule has 2 rings (SSSR count). The second-order valence-electron chi connectivity index (χ2n) is 8.04. The first kappa shape index (κ1) is 26.0. The number of benzene rings is 2. The highest BCUT2D eigenvalue weighted by Gasteiger charge is 2.28. The molecule has 174 valence electrons. The Bertz CT molecular complexity index is 942. The number of carbonyl (C=O) groups excluding carboxylic acids is 2. The van der Waals surface area contributed by atoms with Gasteiger partial charge < -0.3 is 15.0 Å². The van der Waals surface area contributed by atoms with E-state index in [0.717, 1.165) is 29.5 Å². The van der Waals surface area contributed by atoms with Crippen molar-refractivity contribution >= 4 is 35.0 Å². The minimum absolute atomic E-state index is 0.106. The Morgan fingerprint density at radius 2 is 1.78 bits per heavy atom. The molecule has 0 spiro atoms. The standard InChI is InChI=1S/C25H32Cl2N2O3/c1-6-7-11-28-25(31)19(5)29(14-20-21(26)9-8-10-22(20)27)24(30)15-32-23-13-16(2)12-17(3)18(23)4/h8-10,12-13,19H,6-7,11,14-15H2,1-5H3,(H,28,31)/t19-/m0/s1. The molecular formula is C25H32Cl2N2O3. The molecule has 0 saturated heterocycles. The summed E-state index contributed by atoms with van der Waals surface area (Å²) >= 11 is 12.7. The quantitative estimate of drug-likeness (QED) is 0.450. The number of halogens is 2. The summed E-state index contributed by atoms with van der Waals surface area (Å²) in [4.78, 5) is 27.4. The third-order valence-corrected chi connectivity index (χ3v) is 6.21. The molecule has 7 heteroatoms. The van der Waals surface area contributed by atoms with E-state index in [1.165, 1.54) is 4.90 Å². The van der Waals surface area contributed by atoms with E-state index < -0.39 is 6.04 Å². The molecule has 0 aromatic heterocycles. The first-order valence-corrected chi connectivity index (χ1v) is 11.6. The first-order valence-electron chi connectivity index (χ1n) is 10.9. The number of hydrogen-bond donors (Lipinski definition) is 1. The Hall–Kier alpha value is -2.24. The molecule has 2 amide bonds. The van der Waals surface area contributed by atoms with E-state index >= 15 is 0 Å². The molecule has 1 N–H and O–H groups in total. The van der Waals surface area contributed by atoms with Gasteiger partial charge in [-0.2, -0.15) is 0 Å². The van der Waals surface area contributed by atoms with Crippen molar-refractivity contribution in [3.8, 4) is 5.75 Å². The fourth-order valence-electron chi connectivity index (χ4n) is 3.35.